The molecule has 9 nitrogen and oxygen atoms in total. The van der Waals surface area contributed by atoms with E-state index < -0.39 is 29.3 Å². The summed E-state index contributed by atoms with van der Waals surface area (Å²) in [5.74, 6) is -2.13. The van der Waals surface area contributed by atoms with Crippen molar-refractivity contribution in [3.05, 3.63) is 63.1 Å². The van der Waals surface area contributed by atoms with Gasteiger partial charge in [0.25, 0.3) is 11.6 Å². The number of hydrogen-bond acceptors (Lipinski definition) is 6. The number of carbonyl (C=O) groups excluding carboxylic acids is 3. The van der Waals surface area contributed by atoms with Crippen molar-refractivity contribution in [2.45, 2.75) is 6.42 Å². The average molecular weight is 462 g/mol. The predicted molar refractivity (Wildman–Crippen MR) is 107 cm³/mol. The molecule has 0 unspecified atom stereocenters. The molecule has 2 aromatic carbocycles. The molecular weight excluding hydrogens is 446 g/mol. The molecule has 2 amide bonds. The lowest BCUT2D eigenvalue weighted by Gasteiger charge is -2.16. The molecule has 0 spiro atoms. The van der Waals surface area contributed by atoms with E-state index >= 15 is 0 Å². The number of ether oxygens (including phenoxy) is 1. The summed E-state index contributed by atoms with van der Waals surface area (Å²) >= 11 is 3.29. The number of hydrogen-bond donors (Lipinski definition) is 1. The fourth-order valence-corrected chi connectivity index (χ4v) is 3.12. The summed E-state index contributed by atoms with van der Waals surface area (Å²) in [7, 11) is 0. The minimum atomic E-state index is -0.710. The van der Waals surface area contributed by atoms with Crippen LogP contribution in [0.3, 0.4) is 0 Å². The molecule has 0 aliphatic carbocycles. The molecule has 1 aliphatic rings. The standard InChI is InChI=1S/C19H16BrN3O6/c20-13-1-3-14(4-2-13)21-17(24)11-29-19(26)12-9-18(25)22(10-12)15-5-7-16(8-6-15)23(27)28/h1-8,12H,9-11H2,(H,21,24)/t12-/m0/s1. The fourth-order valence-electron chi connectivity index (χ4n) is 2.85. The summed E-state index contributed by atoms with van der Waals surface area (Å²) in [6.45, 7) is -0.374. The number of esters is 1. The molecule has 3 rings (SSSR count). The smallest absolute Gasteiger partial charge is 0.311 e. The van der Waals surface area contributed by atoms with Gasteiger partial charge in [-0.2, -0.15) is 0 Å². The molecule has 1 aliphatic heterocycles. The van der Waals surface area contributed by atoms with Gasteiger partial charge in [0.05, 0.1) is 10.8 Å². The number of nitro benzene ring substituents is 1. The summed E-state index contributed by atoms with van der Waals surface area (Å²) in [5, 5.41) is 13.3. The van der Waals surface area contributed by atoms with Gasteiger partial charge in [-0.25, -0.2) is 0 Å². The number of nitrogens with zero attached hydrogens (tertiary/aromatic N) is 2. The molecule has 10 heteroatoms. The highest BCUT2D eigenvalue weighted by Crippen LogP contribution is 2.27. The highest BCUT2D eigenvalue weighted by atomic mass is 79.9. The minimum absolute atomic E-state index is 0.0514. The van der Waals surface area contributed by atoms with E-state index in [1.54, 1.807) is 24.3 Å². The first-order valence-electron chi connectivity index (χ1n) is 8.60. The van der Waals surface area contributed by atoms with Crippen molar-refractivity contribution in [1.82, 2.24) is 0 Å². The Balaban J connectivity index is 1.52. The normalized spacial score (nSPS) is 15.8. The van der Waals surface area contributed by atoms with Crippen molar-refractivity contribution in [2.75, 3.05) is 23.4 Å². The lowest BCUT2D eigenvalue weighted by molar-refractivity contribution is -0.384. The highest BCUT2D eigenvalue weighted by molar-refractivity contribution is 9.10. The van der Waals surface area contributed by atoms with Crippen LogP contribution in [0.5, 0.6) is 0 Å². The number of nitro groups is 1. The third-order valence-corrected chi connectivity index (χ3v) is 4.83. The topological polar surface area (TPSA) is 119 Å². The van der Waals surface area contributed by atoms with E-state index in [0.717, 1.165) is 4.47 Å². The van der Waals surface area contributed by atoms with Gasteiger partial charge >= 0.3 is 5.97 Å². The first-order valence-corrected chi connectivity index (χ1v) is 9.39. The minimum Gasteiger partial charge on any atom is -0.455 e. The Morgan fingerprint density at radius 1 is 1.17 bits per heavy atom. The van der Waals surface area contributed by atoms with Gasteiger partial charge in [-0.3, -0.25) is 24.5 Å². The van der Waals surface area contributed by atoms with E-state index in [1.807, 2.05) is 0 Å². The van der Waals surface area contributed by atoms with Crippen LogP contribution in [0, 0.1) is 16.0 Å². The van der Waals surface area contributed by atoms with Crippen LogP contribution in [0.1, 0.15) is 6.42 Å². The number of benzene rings is 2. The van der Waals surface area contributed by atoms with E-state index in [0.29, 0.717) is 11.4 Å². The molecule has 0 aromatic heterocycles. The molecule has 0 bridgehead atoms. The summed E-state index contributed by atoms with van der Waals surface area (Å²) < 4.78 is 5.90. The van der Waals surface area contributed by atoms with Crippen molar-refractivity contribution >= 4 is 50.8 Å². The Morgan fingerprint density at radius 3 is 2.45 bits per heavy atom. The van der Waals surface area contributed by atoms with Crippen LogP contribution in [0.2, 0.25) is 0 Å². The van der Waals surface area contributed by atoms with Gasteiger partial charge in [0.2, 0.25) is 5.91 Å². The quantitative estimate of drug-likeness (QED) is 0.401. The van der Waals surface area contributed by atoms with E-state index in [9.17, 15) is 24.5 Å². The molecule has 1 N–H and O–H groups in total. The van der Waals surface area contributed by atoms with Crippen molar-refractivity contribution in [2.24, 2.45) is 5.92 Å². The number of carbonyl (C=O) groups is 3. The molecule has 2 aromatic rings. The number of halogens is 1. The van der Waals surface area contributed by atoms with Crippen LogP contribution in [0.15, 0.2) is 53.0 Å². The van der Waals surface area contributed by atoms with Crippen molar-refractivity contribution < 1.29 is 24.0 Å². The lowest BCUT2D eigenvalue weighted by atomic mass is 10.1. The van der Waals surface area contributed by atoms with E-state index in [-0.39, 0.29) is 24.6 Å². The van der Waals surface area contributed by atoms with Crippen LogP contribution < -0.4 is 10.2 Å². The Labute approximate surface area is 173 Å². The number of nitrogens with one attached hydrogen (secondary N) is 1. The zero-order valence-corrected chi connectivity index (χ0v) is 16.6. The van der Waals surface area contributed by atoms with Crippen molar-refractivity contribution in [3.8, 4) is 0 Å². The molecule has 1 atom stereocenters. The fraction of sp³-hybridized carbons (Fsp3) is 0.211. The largest absolute Gasteiger partial charge is 0.455 e. The third kappa shape index (κ3) is 5.17. The molecule has 0 saturated carbocycles. The van der Waals surface area contributed by atoms with Crippen LogP contribution >= 0.6 is 15.9 Å². The van der Waals surface area contributed by atoms with Crippen LogP contribution in [0.4, 0.5) is 17.1 Å². The summed E-state index contributed by atoms with van der Waals surface area (Å²) in [4.78, 5) is 47.9. The van der Waals surface area contributed by atoms with E-state index in [2.05, 4.69) is 21.2 Å². The zero-order chi connectivity index (χ0) is 21.0. The lowest BCUT2D eigenvalue weighted by Crippen LogP contribution is -2.28. The van der Waals surface area contributed by atoms with Crippen molar-refractivity contribution in [3.63, 3.8) is 0 Å². The summed E-state index contributed by atoms with van der Waals surface area (Å²) in [5.41, 5.74) is 0.937. The van der Waals surface area contributed by atoms with E-state index in [4.69, 9.17) is 4.74 Å². The molecular formula is C19H16BrN3O6. The predicted octanol–water partition coefficient (Wildman–Crippen LogP) is 2.89. The second-order valence-electron chi connectivity index (χ2n) is 6.34. The molecule has 1 heterocycles. The van der Waals surface area contributed by atoms with Gasteiger partial charge in [0.1, 0.15) is 0 Å². The first kappa shape index (κ1) is 20.5. The highest BCUT2D eigenvalue weighted by Gasteiger charge is 2.36. The maximum absolute atomic E-state index is 12.2. The van der Waals surface area contributed by atoms with Gasteiger partial charge in [-0.1, -0.05) is 15.9 Å². The van der Waals surface area contributed by atoms with E-state index in [1.165, 1.54) is 29.2 Å². The number of rotatable bonds is 6. The number of amides is 2. The monoisotopic (exact) mass is 461 g/mol. The second-order valence-corrected chi connectivity index (χ2v) is 7.26. The summed E-state index contributed by atoms with van der Waals surface area (Å²) in [6.07, 6.45) is -0.0514. The third-order valence-electron chi connectivity index (χ3n) is 4.30. The van der Waals surface area contributed by atoms with Crippen LogP contribution in [-0.4, -0.2) is 35.9 Å². The van der Waals surface area contributed by atoms with Crippen LogP contribution in [-0.2, 0) is 19.1 Å². The Hall–Kier alpha value is -3.27. The average Bonchev–Trinajstić information content (AvgIpc) is 3.09. The Morgan fingerprint density at radius 2 is 1.83 bits per heavy atom. The molecule has 0 radical (unpaired) electrons. The number of non-ortho nitro benzene ring substituents is 1. The first-order chi connectivity index (χ1) is 13.8. The zero-order valence-electron chi connectivity index (χ0n) is 15.0. The molecule has 29 heavy (non-hydrogen) atoms. The van der Waals surface area contributed by atoms with Gasteiger partial charge in [0, 0.05) is 40.9 Å². The maximum Gasteiger partial charge on any atom is 0.311 e. The van der Waals surface area contributed by atoms with Gasteiger partial charge in [-0.05, 0) is 36.4 Å². The van der Waals surface area contributed by atoms with Crippen molar-refractivity contribution in [1.29, 1.82) is 0 Å². The maximum atomic E-state index is 12.2. The molecule has 150 valence electrons. The SMILES string of the molecule is O=C(COC(=O)[C@H]1CC(=O)N(c2ccc([N+](=O)[O-])cc2)C1)Nc1ccc(Br)cc1. The second kappa shape index (κ2) is 8.82. The molecule has 1 saturated heterocycles. The summed E-state index contributed by atoms with van der Waals surface area (Å²) in [6, 6.07) is 12.4. The van der Waals surface area contributed by atoms with Gasteiger partial charge in [-0.15, -0.1) is 0 Å². The van der Waals surface area contributed by atoms with Gasteiger partial charge < -0.3 is 15.0 Å². The molecule has 1 fully saturated rings. The number of anilines is 2. The Kier molecular flexibility index (Phi) is 6.23. The van der Waals surface area contributed by atoms with Gasteiger partial charge in [0.15, 0.2) is 6.61 Å². The Bertz CT molecular complexity index is 945. The van der Waals surface area contributed by atoms with Crippen LogP contribution in [0.25, 0.3) is 0 Å².